The summed E-state index contributed by atoms with van der Waals surface area (Å²) in [5.41, 5.74) is 8.48. The van der Waals surface area contributed by atoms with E-state index in [-0.39, 0.29) is 11.3 Å². The molecule has 0 aliphatic rings. The third-order valence-corrected chi connectivity index (χ3v) is 5.03. The van der Waals surface area contributed by atoms with Crippen molar-refractivity contribution in [1.82, 2.24) is 9.97 Å². The predicted octanol–water partition coefficient (Wildman–Crippen LogP) is 4.98. The summed E-state index contributed by atoms with van der Waals surface area (Å²) >= 11 is 6.24. The van der Waals surface area contributed by atoms with Crippen molar-refractivity contribution in [3.8, 4) is 0 Å². The van der Waals surface area contributed by atoms with Gasteiger partial charge in [-0.3, -0.25) is 9.59 Å². The van der Waals surface area contributed by atoms with Crippen LogP contribution in [-0.4, -0.2) is 21.7 Å². The van der Waals surface area contributed by atoms with Crippen molar-refractivity contribution in [3.63, 3.8) is 0 Å². The van der Waals surface area contributed by atoms with Gasteiger partial charge in [-0.05, 0) is 22.8 Å². The molecule has 0 saturated carbocycles. The lowest BCUT2D eigenvalue weighted by Crippen LogP contribution is -2.17. The van der Waals surface area contributed by atoms with Gasteiger partial charge in [0.25, 0.3) is 5.91 Å². The highest BCUT2D eigenvalue weighted by atomic mass is 35.5. The molecule has 1 aromatic heterocycles. The van der Waals surface area contributed by atoms with Crippen molar-refractivity contribution in [2.24, 2.45) is 5.73 Å². The highest BCUT2D eigenvalue weighted by Crippen LogP contribution is 2.21. The van der Waals surface area contributed by atoms with Crippen LogP contribution in [0.3, 0.4) is 0 Å². The Hall–Kier alpha value is -3.25. The zero-order valence-corrected chi connectivity index (χ0v) is 19.4. The van der Waals surface area contributed by atoms with Crippen LogP contribution >= 0.6 is 11.6 Å². The number of ketones is 1. The highest BCUT2D eigenvalue weighted by molar-refractivity contribution is 6.31. The monoisotopic (exact) mass is 452 g/mol. The summed E-state index contributed by atoms with van der Waals surface area (Å²) in [5.74, 6) is 0.463. The van der Waals surface area contributed by atoms with Crippen LogP contribution in [0, 0.1) is 0 Å². The normalized spacial score (nSPS) is 10.1. The van der Waals surface area contributed by atoms with Crippen LogP contribution in [0.25, 0.3) is 0 Å². The first-order valence-electron chi connectivity index (χ1n) is 10.7. The number of aromatic nitrogens is 2. The number of hydrogen-bond acceptors (Lipinski definition) is 5. The molecular formula is C25H29ClN4O2. The van der Waals surface area contributed by atoms with Crippen molar-refractivity contribution in [2.45, 2.75) is 46.6 Å². The van der Waals surface area contributed by atoms with E-state index in [0.29, 0.717) is 42.5 Å². The van der Waals surface area contributed by atoms with Crippen LogP contribution in [0.1, 0.15) is 60.1 Å². The summed E-state index contributed by atoms with van der Waals surface area (Å²) in [6.07, 6.45) is 2.64. The van der Waals surface area contributed by atoms with E-state index < -0.39 is 5.91 Å². The minimum Gasteiger partial charge on any atom is -0.365 e. The van der Waals surface area contributed by atoms with Gasteiger partial charge in [-0.15, -0.1) is 0 Å². The van der Waals surface area contributed by atoms with Gasteiger partial charge in [-0.1, -0.05) is 74.8 Å². The van der Waals surface area contributed by atoms with E-state index in [0.717, 1.165) is 16.7 Å². The van der Waals surface area contributed by atoms with E-state index in [1.165, 1.54) is 6.20 Å². The number of nitrogens with one attached hydrogen (secondary N) is 1. The Bertz CT molecular complexity index is 1060. The SMILES string of the molecule is CC.CCC(=O)Cc1cc(Cc2ncc(C(N)=O)c(NCc3ccccc3)n2)ccc1Cl. The maximum atomic E-state index is 11.8. The fraction of sp³-hybridized carbons (Fsp3) is 0.280. The quantitative estimate of drug-likeness (QED) is 0.477. The lowest BCUT2D eigenvalue weighted by atomic mass is 10.0. The number of nitrogens with two attached hydrogens (primary N) is 1. The average Bonchev–Trinajstić information content (AvgIpc) is 2.81. The molecule has 6 nitrogen and oxygen atoms in total. The topological polar surface area (TPSA) is 98.0 Å². The first-order chi connectivity index (χ1) is 15.5. The fourth-order valence-corrected chi connectivity index (χ4v) is 3.18. The average molecular weight is 453 g/mol. The molecule has 0 atom stereocenters. The molecular weight excluding hydrogens is 424 g/mol. The number of carbonyl (C=O) groups is 2. The molecule has 0 aliphatic carbocycles. The van der Waals surface area contributed by atoms with Crippen LogP contribution < -0.4 is 11.1 Å². The second-order valence-corrected chi connectivity index (χ2v) is 7.33. The Labute approximate surface area is 194 Å². The van der Waals surface area contributed by atoms with Crippen LogP contribution in [0.4, 0.5) is 5.82 Å². The standard InChI is InChI=1S/C23H23ClN4O2.C2H6/c1-2-18(29)12-17-10-16(8-9-20(17)24)11-21-26-14-19(22(25)30)23(28-21)27-13-15-6-4-3-5-7-15;1-2/h3-10,14H,2,11-13H2,1H3,(H2,25,30)(H,26,27,28);1-2H3. The fourth-order valence-electron chi connectivity index (χ4n) is 2.99. The van der Waals surface area contributed by atoms with E-state index in [1.54, 1.807) is 6.07 Å². The first kappa shape index (κ1) is 25.0. The molecule has 0 unspecified atom stereocenters. The molecule has 3 aromatic rings. The van der Waals surface area contributed by atoms with E-state index >= 15 is 0 Å². The van der Waals surface area contributed by atoms with Crippen molar-refractivity contribution < 1.29 is 9.59 Å². The van der Waals surface area contributed by atoms with E-state index in [1.807, 2.05) is 63.2 Å². The molecule has 2 aromatic carbocycles. The summed E-state index contributed by atoms with van der Waals surface area (Å²) in [4.78, 5) is 32.4. The van der Waals surface area contributed by atoms with Crippen LogP contribution in [0.5, 0.6) is 0 Å². The number of primary amides is 1. The molecule has 0 aliphatic heterocycles. The zero-order valence-electron chi connectivity index (χ0n) is 18.7. The third-order valence-electron chi connectivity index (χ3n) is 4.66. The zero-order chi connectivity index (χ0) is 23.5. The number of anilines is 1. The lowest BCUT2D eigenvalue weighted by Gasteiger charge is -2.11. The number of nitrogens with zero attached hydrogens (tertiary/aromatic N) is 2. The van der Waals surface area contributed by atoms with Gasteiger partial charge in [-0.2, -0.15) is 0 Å². The number of halogens is 1. The second kappa shape index (κ2) is 12.6. The Morgan fingerprint density at radius 1 is 1.06 bits per heavy atom. The first-order valence-corrected chi connectivity index (χ1v) is 11.1. The second-order valence-electron chi connectivity index (χ2n) is 6.92. The molecule has 1 amide bonds. The molecule has 0 radical (unpaired) electrons. The predicted molar refractivity (Wildman–Crippen MR) is 129 cm³/mol. The molecule has 32 heavy (non-hydrogen) atoms. The maximum absolute atomic E-state index is 11.8. The third kappa shape index (κ3) is 7.17. The van der Waals surface area contributed by atoms with Gasteiger partial charge >= 0.3 is 0 Å². The number of Topliss-reactive ketones (excluding diaryl/α,β-unsaturated/α-hetero) is 1. The summed E-state index contributed by atoms with van der Waals surface area (Å²) in [5, 5.41) is 3.74. The number of amides is 1. The van der Waals surface area contributed by atoms with Gasteiger partial charge in [0.2, 0.25) is 0 Å². The van der Waals surface area contributed by atoms with Crippen molar-refractivity contribution in [1.29, 1.82) is 0 Å². The van der Waals surface area contributed by atoms with Crippen molar-refractivity contribution >= 4 is 29.1 Å². The number of benzene rings is 2. The largest absolute Gasteiger partial charge is 0.365 e. The van der Waals surface area contributed by atoms with Gasteiger partial charge in [0.1, 0.15) is 17.4 Å². The molecule has 0 bridgehead atoms. The molecule has 168 valence electrons. The molecule has 3 N–H and O–H groups in total. The van der Waals surface area contributed by atoms with Crippen LogP contribution in [-0.2, 0) is 24.2 Å². The van der Waals surface area contributed by atoms with E-state index in [2.05, 4.69) is 15.3 Å². The minimum atomic E-state index is -0.594. The van der Waals surface area contributed by atoms with Crippen LogP contribution in [0.15, 0.2) is 54.7 Å². The number of carbonyl (C=O) groups excluding carboxylic acids is 2. The van der Waals surface area contributed by atoms with Gasteiger partial charge in [0, 0.05) is 37.0 Å². The Kier molecular flexibility index (Phi) is 9.82. The van der Waals surface area contributed by atoms with Crippen LogP contribution in [0.2, 0.25) is 5.02 Å². The smallest absolute Gasteiger partial charge is 0.254 e. The molecule has 0 spiro atoms. The molecule has 0 saturated heterocycles. The minimum absolute atomic E-state index is 0.128. The summed E-state index contributed by atoms with van der Waals surface area (Å²) < 4.78 is 0. The van der Waals surface area contributed by atoms with Gasteiger partial charge in [0.15, 0.2) is 0 Å². The van der Waals surface area contributed by atoms with Gasteiger partial charge in [0.05, 0.1) is 5.56 Å². The van der Waals surface area contributed by atoms with E-state index in [4.69, 9.17) is 17.3 Å². The maximum Gasteiger partial charge on any atom is 0.254 e. The van der Waals surface area contributed by atoms with Gasteiger partial charge in [-0.25, -0.2) is 9.97 Å². The Morgan fingerprint density at radius 3 is 2.44 bits per heavy atom. The molecule has 1 heterocycles. The Morgan fingerprint density at radius 2 is 1.78 bits per heavy atom. The summed E-state index contributed by atoms with van der Waals surface area (Å²) in [6.45, 7) is 6.33. The molecule has 3 rings (SSSR count). The summed E-state index contributed by atoms with van der Waals surface area (Å²) in [7, 11) is 0. The summed E-state index contributed by atoms with van der Waals surface area (Å²) in [6, 6.07) is 15.3. The number of hydrogen-bond donors (Lipinski definition) is 2. The lowest BCUT2D eigenvalue weighted by molar-refractivity contribution is -0.118. The van der Waals surface area contributed by atoms with E-state index in [9.17, 15) is 9.59 Å². The highest BCUT2D eigenvalue weighted by Gasteiger charge is 2.13. The molecule has 7 heteroatoms. The van der Waals surface area contributed by atoms with Gasteiger partial charge < -0.3 is 11.1 Å². The molecule has 0 fully saturated rings. The number of rotatable bonds is 9. The van der Waals surface area contributed by atoms with Crippen molar-refractivity contribution in [3.05, 3.63) is 87.8 Å². The van der Waals surface area contributed by atoms with Crippen molar-refractivity contribution in [2.75, 3.05) is 5.32 Å². The Balaban J connectivity index is 0.00000176.